The van der Waals surface area contributed by atoms with Gasteiger partial charge in [0.1, 0.15) is 11.6 Å². The van der Waals surface area contributed by atoms with Crippen LogP contribution in [0.1, 0.15) is 201 Å². The molecule has 0 N–H and O–H groups in total. The Kier molecular flexibility index (Phi) is 39.6. The minimum absolute atomic E-state index is 0.0980. The van der Waals surface area contributed by atoms with Gasteiger partial charge >= 0.3 is 0 Å². The summed E-state index contributed by atoms with van der Waals surface area (Å²) in [5.74, 6) is 2.55. The van der Waals surface area contributed by atoms with Gasteiger partial charge in [-0.25, -0.2) is 4.39 Å². The molecule has 0 fully saturated rings. The lowest BCUT2D eigenvalue weighted by atomic mass is 9.99. The topological polar surface area (TPSA) is 172 Å². The molecule has 0 bridgehead atoms. The Morgan fingerprint density at radius 3 is 1.06 bits per heavy atom. The van der Waals surface area contributed by atoms with Crippen LogP contribution in [0.5, 0.6) is 5.75 Å². The lowest BCUT2D eigenvalue weighted by Gasteiger charge is -2.17. The standard InChI is InChI=1S/C15H18OS.C14H16O2S.C14H16OS.C13H13BrOS.C13H13ClOS.C13H13FOS.C13H13NO3S/c1-3-12-6-4-7-13(10-12)17-15-9-5-8-14(16)11(15)2;1-10-11(15)6-5-9-13(10)17-14-8-4-3-7-12(14)16-2;1-10-5-3-6-12(9-10)16-14-8-4-7-13(15)11(14)2;3*1-9-12(15)6-3-7-13(9)16-11-5-2-4-10(14)8-11;1-9-11(15)6-4-8-12(9)18-13-7-3-2-5-10(13)14(16)17/h4,6-7,10H,3,5,8-9H2,1-2H3;3-4,7-8H,5-6,9H2,1-2H3;3,5-6,9H,4,7-8H2,1-2H3;3*2,4-5,8H,3,6-7H2,1H3;2-3,5,7H,4,6,8H2,1H3. The molecule has 0 saturated carbocycles. The van der Waals surface area contributed by atoms with Crippen molar-refractivity contribution in [3.8, 4) is 5.75 Å². The minimum atomic E-state index is -0.386. The van der Waals surface area contributed by atoms with E-state index >= 15 is 0 Å². The Bertz CT molecular complexity index is 4650. The molecule has 21 heteroatoms. The van der Waals surface area contributed by atoms with Gasteiger partial charge in [-0.2, -0.15) is 0 Å². The van der Waals surface area contributed by atoms with E-state index in [0.29, 0.717) is 54.3 Å². The minimum Gasteiger partial charge on any atom is -0.496 e. The van der Waals surface area contributed by atoms with E-state index in [1.165, 1.54) is 92.1 Å². The number of Topliss-reactive ketones (excluding diaryl/α,β-unsaturated/α-hetero) is 7. The van der Waals surface area contributed by atoms with Gasteiger partial charge in [0.25, 0.3) is 5.69 Å². The fourth-order valence-electron chi connectivity index (χ4n) is 12.9. The van der Waals surface area contributed by atoms with Gasteiger partial charge in [-0.3, -0.25) is 43.7 Å². The molecule has 0 radical (unpaired) electrons. The highest BCUT2D eigenvalue weighted by Gasteiger charge is 2.25. The first kappa shape index (κ1) is 94.2. The van der Waals surface area contributed by atoms with Crippen molar-refractivity contribution in [1.82, 2.24) is 0 Å². The molecule has 0 aliphatic heterocycles. The maximum Gasteiger partial charge on any atom is 0.283 e. The number of methoxy groups -OCH3 is 1. The summed E-state index contributed by atoms with van der Waals surface area (Å²) in [5, 5.41) is 11.7. The molecule has 0 spiro atoms. The van der Waals surface area contributed by atoms with Crippen molar-refractivity contribution >= 4 is 156 Å². The molecule has 7 aliphatic rings. The zero-order valence-electron chi connectivity index (χ0n) is 67.7. The van der Waals surface area contributed by atoms with Gasteiger partial charge in [-0.15, -0.1) is 0 Å². The number of para-hydroxylation sites is 2. The normalized spacial score (nSPS) is 16.5. The molecule has 0 aromatic heterocycles. The van der Waals surface area contributed by atoms with Crippen LogP contribution in [-0.4, -0.2) is 52.5 Å². The number of carbonyl (C=O) groups excluding carboxylic acids is 7. The number of hydrogen-bond donors (Lipinski definition) is 0. The van der Waals surface area contributed by atoms with Crippen LogP contribution in [0.25, 0.3) is 0 Å². The number of thioether (sulfide) groups is 7. The van der Waals surface area contributed by atoms with E-state index in [4.69, 9.17) is 16.3 Å². The van der Waals surface area contributed by atoms with E-state index in [1.807, 2.05) is 108 Å². The van der Waals surface area contributed by atoms with Crippen LogP contribution in [0.4, 0.5) is 10.1 Å². The summed E-state index contributed by atoms with van der Waals surface area (Å²) >= 11 is 20.8. The largest absolute Gasteiger partial charge is 0.496 e. The highest BCUT2D eigenvalue weighted by molar-refractivity contribution is 9.10. The van der Waals surface area contributed by atoms with Gasteiger partial charge in [0.05, 0.1) is 21.8 Å². The molecule has 11 nitrogen and oxygen atoms in total. The molecule has 0 saturated heterocycles. The maximum atomic E-state index is 13.0. The third-order valence-corrected chi connectivity index (χ3v) is 29.6. The van der Waals surface area contributed by atoms with Crippen molar-refractivity contribution in [3.63, 3.8) is 0 Å². The molecule has 7 aliphatic carbocycles. The summed E-state index contributed by atoms with van der Waals surface area (Å²) in [6.45, 7) is 17.7. The predicted molar refractivity (Wildman–Crippen MR) is 487 cm³/mol. The van der Waals surface area contributed by atoms with Crippen LogP contribution in [0.15, 0.2) is 282 Å². The Morgan fingerprint density at radius 1 is 0.371 bits per heavy atom. The van der Waals surface area contributed by atoms with Crippen molar-refractivity contribution in [1.29, 1.82) is 0 Å². The smallest absolute Gasteiger partial charge is 0.283 e. The summed E-state index contributed by atoms with van der Waals surface area (Å²) in [7, 11) is 1.67. The number of rotatable bonds is 17. The van der Waals surface area contributed by atoms with Crippen LogP contribution in [0.3, 0.4) is 0 Å². The number of carbonyl (C=O) groups is 7. The van der Waals surface area contributed by atoms with Gasteiger partial charge in [-0.1, -0.05) is 189 Å². The van der Waals surface area contributed by atoms with Crippen LogP contribution in [0.2, 0.25) is 5.02 Å². The second-order valence-electron chi connectivity index (χ2n) is 28.6. The number of hydrogen-bond acceptors (Lipinski definition) is 17. The van der Waals surface area contributed by atoms with Crippen molar-refractivity contribution in [3.05, 3.63) is 280 Å². The van der Waals surface area contributed by atoms with Crippen LogP contribution in [-0.2, 0) is 40.0 Å². The zero-order chi connectivity index (χ0) is 83.8. The molecule has 14 rings (SSSR count). The molecule has 116 heavy (non-hydrogen) atoms. The third-order valence-electron chi connectivity index (χ3n) is 20.0. The predicted octanol–water partition coefficient (Wildman–Crippen LogP) is 29.0. The quantitative estimate of drug-likeness (QED) is 0.0622. The molecule has 0 heterocycles. The summed E-state index contributed by atoms with van der Waals surface area (Å²) in [6.07, 6.45) is 19.5. The Morgan fingerprint density at radius 2 is 0.690 bits per heavy atom. The Hall–Kier alpha value is -7.24. The van der Waals surface area contributed by atoms with E-state index in [9.17, 15) is 48.1 Å². The van der Waals surface area contributed by atoms with E-state index in [0.717, 1.165) is 188 Å². The molecule has 0 amide bonds. The first-order valence-electron chi connectivity index (χ1n) is 39.3. The first-order chi connectivity index (χ1) is 55.7. The number of ketones is 7. The molecule has 7 aromatic rings. The van der Waals surface area contributed by atoms with Crippen molar-refractivity contribution in [2.24, 2.45) is 0 Å². The number of nitro groups is 1. The first-order valence-corrected chi connectivity index (χ1v) is 46.2. The average Bonchev–Trinajstić information content (AvgIpc) is 0.855. The summed E-state index contributed by atoms with van der Waals surface area (Å²) in [4.78, 5) is 107. The van der Waals surface area contributed by atoms with Crippen molar-refractivity contribution < 1.29 is 47.6 Å². The fraction of sp³-hybridized carbons (Fsp3) is 0.337. The third kappa shape index (κ3) is 30.2. The number of halogens is 3. The van der Waals surface area contributed by atoms with Gasteiger partial charge < -0.3 is 4.74 Å². The maximum absolute atomic E-state index is 13.0. The number of nitro benzene ring substituents is 1. The molecule has 7 aromatic carbocycles. The molecule has 610 valence electrons. The summed E-state index contributed by atoms with van der Waals surface area (Å²) < 4.78 is 19.4. The molecular weight excluding hydrogens is 1670 g/mol. The Balaban J connectivity index is 0.000000169. The average molecular weight is 1780 g/mol. The van der Waals surface area contributed by atoms with Crippen LogP contribution < -0.4 is 4.74 Å². The zero-order valence-corrected chi connectivity index (χ0v) is 75.8. The monoisotopic (exact) mass is 1770 g/mol. The summed E-state index contributed by atoms with van der Waals surface area (Å²) in [5.41, 5.74) is 9.08. The SMILES string of the molecule is CC1=C(Sc2cccc(Br)c2)CCCC1=O.CC1=C(Sc2cccc(C)c2)CCCC1=O.CC1=C(Sc2cccc(Cl)c2)CCCC1=O.CC1=C(Sc2cccc(F)c2)CCCC1=O.CC1=C(Sc2ccccc2[N+](=O)[O-])CCCC1=O.CCc1cccc(SC2=C(C)C(=O)CCC2)c1.COc1ccccc1SC1=C(C)C(=O)CCC1. The highest BCUT2D eigenvalue weighted by atomic mass is 79.9. The second kappa shape index (κ2) is 48.7. The number of ether oxygens (including phenoxy) is 1. The molecule has 0 atom stereocenters. The van der Waals surface area contributed by atoms with Crippen LogP contribution in [0, 0.1) is 22.9 Å². The van der Waals surface area contributed by atoms with E-state index in [-0.39, 0.29) is 39.6 Å². The van der Waals surface area contributed by atoms with Gasteiger partial charge in [-0.05, 0) is 289 Å². The van der Waals surface area contributed by atoms with E-state index in [2.05, 4.69) is 90.4 Å². The number of nitrogens with zero attached hydrogens (tertiary/aromatic N) is 1. The molecular formula is C95H102BrClFNO10S7. The number of aryl methyl sites for hydroxylation is 2. The lowest BCUT2D eigenvalue weighted by molar-refractivity contribution is -0.387. The number of benzene rings is 7. The highest BCUT2D eigenvalue weighted by Crippen LogP contribution is 2.45. The van der Waals surface area contributed by atoms with Crippen LogP contribution >= 0.6 is 110 Å². The lowest BCUT2D eigenvalue weighted by Crippen LogP contribution is -2.07. The van der Waals surface area contributed by atoms with Gasteiger partial charge in [0.15, 0.2) is 40.5 Å². The summed E-state index contributed by atoms with van der Waals surface area (Å²) in [6, 6.07) is 54.0. The number of allylic oxidation sites excluding steroid dienone is 14. The van der Waals surface area contributed by atoms with Gasteiger partial charge in [0.2, 0.25) is 0 Å². The fourth-order valence-corrected chi connectivity index (χ4v) is 21.8. The van der Waals surface area contributed by atoms with Crippen molar-refractivity contribution in [2.75, 3.05) is 7.11 Å². The molecule has 0 unspecified atom stereocenters. The van der Waals surface area contributed by atoms with Crippen molar-refractivity contribution in [2.45, 2.75) is 238 Å². The Labute approximate surface area is 727 Å². The van der Waals surface area contributed by atoms with Gasteiger partial charge in [0, 0.05) is 124 Å². The van der Waals surface area contributed by atoms with E-state index < -0.39 is 0 Å². The second-order valence-corrected chi connectivity index (χ2v) is 38.0. The van der Waals surface area contributed by atoms with E-state index in [1.54, 1.807) is 97.1 Å².